The molecule has 0 radical (unpaired) electrons. The normalized spacial score (nSPS) is 11.4. The molecule has 0 saturated carbocycles. The van der Waals surface area contributed by atoms with E-state index in [0.717, 1.165) is 25.7 Å². The quantitative estimate of drug-likeness (QED) is 0.0454. The first-order valence-electron chi connectivity index (χ1n) is 16.7. The molecule has 0 rings (SSSR count). The largest absolute Gasteiger partial charge is 0 e. The average molecular weight is 636 g/mol. The van der Waals surface area contributed by atoms with Crippen molar-refractivity contribution in [2.24, 2.45) is 0 Å². The molecule has 0 bridgehead atoms. The Kier molecular flexibility index (Phi) is 43.7. The van der Waals surface area contributed by atoms with Gasteiger partial charge in [0, 0.05) is 19.5 Å². The first-order chi connectivity index (χ1) is 18.1. The molecule has 0 aromatic heterocycles. The van der Waals surface area contributed by atoms with Crippen LogP contribution >= 0.6 is 7.82 Å². The topological polar surface area (TPSA) is 55.8 Å². The van der Waals surface area contributed by atoms with Crippen LogP contribution in [-0.4, -0.2) is 47.7 Å². The van der Waals surface area contributed by atoms with Gasteiger partial charge in [-0.2, -0.15) is 0 Å². The van der Waals surface area contributed by atoms with Gasteiger partial charge in [0.25, 0.3) is 0 Å². The van der Waals surface area contributed by atoms with Gasteiger partial charge in [0.05, 0.1) is 13.2 Å². The minimum Gasteiger partial charge on any atom is 0 e. The summed E-state index contributed by atoms with van der Waals surface area (Å²) in [7, 11) is -3.87. The van der Waals surface area contributed by atoms with Crippen molar-refractivity contribution in [3.8, 4) is 0 Å². The number of unbranched alkanes of at least 4 members (excludes halogenated alkanes) is 26. The Bertz CT molecular complexity index is 447. The minimum absolute atomic E-state index is 0. The molecule has 0 amide bonds. The summed E-state index contributed by atoms with van der Waals surface area (Å²) in [6.07, 6.45) is 36.4. The van der Waals surface area contributed by atoms with E-state index >= 15 is 0 Å². The zero-order valence-electron chi connectivity index (χ0n) is 26.0. The van der Waals surface area contributed by atoms with Gasteiger partial charge < -0.3 is 4.89 Å². The third kappa shape index (κ3) is 39.7. The van der Waals surface area contributed by atoms with Crippen molar-refractivity contribution in [1.82, 2.24) is 0 Å². The van der Waals surface area contributed by atoms with Crippen LogP contribution in [0, 0.1) is 0 Å². The maximum atomic E-state index is 12.0. The predicted octanol–water partition coefficient (Wildman–Crippen LogP) is 11.4. The third-order valence-electron chi connectivity index (χ3n) is 7.50. The predicted molar refractivity (Wildman–Crippen MR) is 170 cm³/mol. The molecule has 0 aliphatic heterocycles. The van der Waals surface area contributed by atoms with Gasteiger partial charge in [0.15, 0.2) is 0 Å². The summed E-state index contributed by atoms with van der Waals surface area (Å²) < 4.78 is 22.3. The molecule has 228 valence electrons. The summed E-state index contributed by atoms with van der Waals surface area (Å²) in [5.41, 5.74) is 0. The fraction of sp³-hybridized carbons (Fsp3) is 1.00. The van der Waals surface area contributed by atoms with Gasteiger partial charge in [-0.3, -0.25) is 9.05 Å². The number of hydrogen-bond donors (Lipinski definition) is 1. The van der Waals surface area contributed by atoms with Crippen molar-refractivity contribution in [2.75, 3.05) is 13.2 Å². The van der Waals surface area contributed by atoms with Gasteiger partial charge in [-0.05, 0) is 12.8 Å². The first-order valence-corrected chi connectivity index (χ1v) is 18.2. The third-order valence-corrected chi connectivity index (χ3v) is 8.52. The molecule has 1 N–H and O–H groups in total. The van der Waals surface area contributed by atoms with Gasteiger partial charge >= 0.3 is 37.4 Å². The van der Waals surface area contributed by atoms with Gasteiger partial charge in [-0.15, -0.1) is 0 Å². The van der Waals surface area contributed by atoms with Crippen molar-refractivity contribution in [2.45, 2.75) is 194 Å². The van der Waals surface area contributed by atoms with Crippen LogP contribution in [0.4, 0.5) is 0 Å². The monoisotopic (exact) mass is 634 g/mol. The van der Waals surface area contributed by atoms with Crippen LogP contribution in [0.3, 0.4) is 0 Å². The van der Waals surface area contributed by atoms with E-state index in [0.29, 0.717) is 13.2 Å². The fourth-order valence-electron chi connectivity index (χ4n) is 4.99. The smallest absolute Gasteiger partial charge is 0 e. The standard InChI is InChI=1S/C32H67O4P.Na.Zn.H/c1-3-5-7-9-11-13-15-17-19-21-23-25-27-29-31-35-37(33,34)36-32-30-28-26-24-22-20-18-16-14-12-10-8-6-4-2;;;/h3-32H2,1-2H3,(H,33,34);;;. The van der Waals surface area contributed by atoms with E-state index in [-0.39, 0.29) is 49.0 Å². The second kappa shape index (κ2) is 37.8. The van der Waals surface area contributed by atoms with Crippen molar-refractivity contribution in [3.05, 3.63) is 0 Å². The van der Waals surface area contributed by atoms with Gasteiger partial charge in [0.1, 0.15) is 0 Å². The summed E-state index contributed by atoms with van der Waals surface area (Å²) in [4.78, 5) is 9.83. The Labute approximate surface area is 280 Å². The van der Waals surface area contributed by atoms with Crippen molar-refractivity contribution >= 4 is 37.4 Å². The molecule has 0 aromatic rings. The first kappa shape index (κ1) is 45.2. The summed E-state index contributed by atoms with van der Waals surface area (Å²) in [5.74, 6) is 0. The Hall–Kier alpha value is 1.73. The minimum atomic E-state index is -3.87. The molecule has 0 saturated heterocycles. The zero-order chi connectivity index (χ0) is 27.1. The van der Waals surface area contributed by atoms with E-state index < -0.39 is 7.82 Å². The number of phosphoric acid groups is 1. The van der Waals surface area contributed by atoms with Crippen molar-refractivity contribution < 1.29 is 38.0 Å². The molecule has 0 atom stereocenters. The van der Waals surface area contributed by atoms with Gasteiger partial charge in [-0.1, -0.05) is 181 Å². The Morgan fingerprint density at radius 3 is 0.795 bits per heavy atom. The van der Waals surface area contributed by atoms with Gasteiger partial charge in [0.2, 0.25) is 0 Å². The van der Waals surface area contributed by atoms with E-state index in [4.69, 9.17) is 9.05 Å². The molecule has 0 aromatic carbocycles. The number of hydrogen-bond acceptors (Lipinski definition) is 3. The van der Waals surface area contributed by atoms with Crippen LogP contribution < -0.4 is 0 Å². The van der Waals surface area contributed by atoms with E-state index in [1.807, 2.05) is 0 Å². The molecular weight excluding hydrogens is 568 g/mol. The summed E-state index contributed by atoms with van der Waals surface area (Å²) >= 11 is 0. The summed E-state index contributed by atoms with van der Waals surface area (Å²) in [5, 5.41) is 0. The molecule has 0 fully saturated rings. The average Bonchev–Trinajstić information content (AvgIpc) is 2.88. The van der Waals surface area contributed by atoms with E-state index in [2.05, 4.69) is 13.8 Å². The van der Waals surface area contributed by atoms with Crippen LogP contribution in [0.25, 0.3) is 0 Å². The molecule has 39 heavy (non-hydrogen) atoms. The van der Waals surface area contributed by atoms with E-state index in [1.165, 1.54) is 154 Å². The molecule has 0 aliphatic rings. The van der Waals surface area contributed by atoms with E-state index in [1.54, 1.807) is 0 Å². The van der Waals surface area contributed by atoms with Crippen LogP contribution in [0.15, 0.2) is 0 Å². The maximum absolute atomic E-state index is 12.0. The molecule has 4 nitrogen and oxygen atoms in total. The Balaban J connectivity index is -0.00000648. The molecule has 0 unspecified atom stereocenters. The fourth-order valence-corrected chi connectivity index (χ4v) is 5.78. The van der Waals surface area contributed by atoms with Crippen molar-refractivity contribution in [1.29, 1.82) is 0 Å². The molecule has 0 spiro atoms. The number of phosphoric ester groups is 1. The van der Waals surface area contributed by atoms with Gasteiger partial charge in [-0.25, -0.2) is 4.57 Å². The van der Waals surface area contributed by atoms with Crippen molar-refractivity contribution in [3.63, 3.8) is 0 Å². The van der Waals surface area contributed by atoms with Crippen LogP contribution in [-0.2, 0) is 33.1 Å². The van der Waals surface area contributed by atoms with Crippen LogP contribution in [0.2, 0.25) is 0 Å². The second-order valence-electron chi connectivity index (χ2n) is 11.3. The Morgan fingerprint density at radius 2 is 0.590 bits per heavy atom. The van der Waals surface area contributed by atoms with E-state index in [9.17, 15) is 9.46 Å². The summed E-state index contributed by atoms with van der Waals surface area (Å²) in [6.45, 7) is 5.19. The maximum Gasteiger partial charge on any atom is 0 e. The van der Waals surface area contributed by atoms with Crippen LogP contribution in [0.1, 0.15) is 194 Å². The second-order valence-corrected chi connectivity index (χ2v) is 12.8. The summed E-state index contributed by atoms with van der Waals surface area (Å²) in [6, 6.07) is 0. The van der Waals surface area contributed by atoms with Crippen LogP contribution in [0.5, 0.6) is 0 Å². The Morgan fingerprint density at radius 1 is 0.410 bits per heavy atom. The SMILES string of the molecule is CCCCCCCCCCCCCCCCOP(=O)(O)OCCCCCCCCCCCCCCCC.[NaH].[Zn]. The molecular formula is C32H68NaO4PZn. The molecule has 7 heteroatoms. The zero-order valence-corrected chi connectivity index (χ0v) is 29.9. The molecule has 0 heterocycles. The number of rotatable bonds is 32. The molecule has 0 aliphatic carbocycles.